The molecule has 0 aliphatic heterocycles. The first-order valence-corrected chi connectivity index (χ1v) is 7.50. The van der Waals surface area contributed by atoms with Crippen molar-refractivity contribution in [2.24, 2.45) is 0 Å². The topological polar surface area (TPSA) is 35.5 Å². The van der Waals surface area contributed by atoms with Gasteiger partial charge >= 0.3 is 0 Å². The van der Waals surface area contributed by atoms with Crippen molar-refractivity contribution in [3.05, 3.63) is 50.6 Å². The van der Waals surface area contributed by atoms with E-state index in [0.29, 0.717) is 16.4 Å². The van der Waals surface area contributed by atoms with Gasteiger partial charge in [0.15, 0.2) is 17.3 Å². The number of hydrogen-bond acceptors (Lipinski definition) is 4. The van der Waals surface area contributed by atoms with E-state index in [1.807, 2.05) is 29.6 Å². The highest BCUT2D eigenvalue weighted by molar-refractivity contribution is 9.10. The van der Waals surface area contributed by atoms with E-state index >= 15 is 0 Å². The number of halogens is 1. The Labute approximate surface area is 130 Å². The summed E-state index contributed by atoms with van der Waals surface area (Å²) in [6.45, 7) is 0. The van der Waals surface area contributed by atoms with Gasteiger partial charge in [0.2, 0.25) is 0 Å². The number of hydrogen-bond donors (Lipinski definition) is 0. The largest absolute Gasteiger partial charge is 0.493 e. The quantitative estimate of drug-likeness (QED) is 0.590. The smallest absolute Gasteiger partial charge is 0.195 e. The average molecular weight is 353 g/mol. The van der Waals surface area contributed by atoms with Crippen LogP contribution in [0.5, 0.6) is 11.5 Å². The summed E-state index contributed by atoms with van der Waals surface area (Å²) in [5.74, 6) is 1.29. The molecule has 104 valence electrons. The van der Waals surface area contributed by atoms with Crippen LogP contribution in [0.1, 0.15) is 15.2 Å². The van der Waals surface area contributed by atoms with Gasteiger partial charge in [0.1, 0.15) is 0 Å². The molecule has 0 bridgehead atoms. The molecule has 0 aliphatic carbocycles. The number of benzene rings is 1. The van der Waals surface area contributed by atoms with Crippen LogP contribution in [0.15, 0.2) is 40.2 Å². The minimum Gasteiger partial charge on any atom is -0.493 e. The van der Waals surface area contributed by atoms with Gasteiger partial charge in [0.25, 0.3) is 0 Å². The van der Waals surface area contributed by atoms with Crippen molar-refractivity contribution >= 4 is 39.1 Å². The normalized spacial score (nSPS) is 10.8. The Morgan fingerprint density at radius 3 is 2.55 bits per heavy atom. The lowest BCUT2D eigenvalue weighted by atomic mass is 10.1. The summed E-state index contributed by atoms with van der Waals surface area (Å²) in [5.41, 5.74) is 0.881. The van der Waals surface area contributed by atoms with Gasteiger partial charge in [0.05, 0.1) is 19.1 Å². The van der Waals surface area contributed by atoms with E-state index in [-0.39, 0.29) is 5.78 Å². The highest BCUT2D eigenvalue weighted by Gasteiger charge is 2.06. The number of methoxy groups -OCH3 is 2. The van der Waals surface area contributed by atoms with Gasteiger partial charge in [-0.15, -0.1) is 11.3 Å². The van der Waals surface area contributed by atoms with Gasteiger partial charge in [-0.2, -0.15) is 0 Å². The molecule has 0 radical (unpaired) electrons. The van der Waals surface area contributed by atoms with Crippen molar-refractivity contribution in [1.82, 2.24) is 0 Å². The van der Waals surface area contributed by atoms with E-state index in [1.54, 1.807) is 26.4 Å². The van der Waals surface area contributed by atoms with E-state index in [1.165, 1.54) is 11.3 Å². The molecule has 2 rings (SSSR count). The first-order valence-electron chi connectivity index (χ1n) is 5.82. The fourth-order valence-electron chi connectivity index (χ4n) is 1.65. The SMILES string of the molecule is COc1ccc(/C=C/C(=O)c2cc(Br)cs2)cc1OC. The molecular weight excluding hydrogens is 340 g/mol. The van der Waals surface area contributed by atoms with Crippen molar-refractivity contribution in [1.29, 1.82) is 0 Å². The summed E-state index contributed by atoms with van der Waals surface area (Å²) in [4.78, 5) is 12.7. The highest BCUT2D eigenvalue weighted by atomic mass is 79.9. The summed E-state index contributed by atoms with van der Waals surface area (Å²) in [6, 6.07) is 7.32. The summed E-state index contributed by atoms with van der Waals surface area (Å²) in [7, 11) is 3.17. The lowest BCUT2D eigenvalue weighted by Gasteiger charge is -2.07. The highest BCUT2D eigenvalue weighted by Crippen LogP contribution is 2.28. The molecular formula is C15H13BrO3S. The molecule has 0 N–H and O–H groups in total. The Balaban J connectivity index is 2.17. The number of ether oxygens (including phenoxy) is 2. The Hall–Kier alpha value is -1.59. The molecule has 3 nitrogen and oxygen atoms in total. The van der Waals surface area contributed by atoms with Crippen LogP contribution in [0.25, 0.3) is 6.08 Å². The van der Waals surface area contributed by atoms with E-state index in [9.17, 15) is 4.79 Å². The third-order valence-electron chi connectivity index (χ3n) is 2.65. The molecule has 1 aromatic carbocycles. The predicted octanol–water partition coefficient (Wildman–Crippen LogP) is 4.42. The van der Waals surface area contributed by atoms with Gasteiger partial charge in [-0.25, -0.2) is 0 Å². The number of carbonyl (C=O) groups excluding carboxylic acids is 1. The van der Waals surface area contributed by atoms with Crippen molar-refractivity contribution in [3.8, 4) is 11.5 Å². The van der Waals surface area contributed by atoms with E-state index < -0.39 is 0 Å². The fourth-order valence-corrected chi connectivity index (χ4v) is 3.00. The van der Waals surface area contributed by atoms with Gasteiger partial charge in [0, 0.05) is 9.85 Å². The Kier molecular flexibility index (Phi) is 4.98. The Morgan fingerprint density at radius 2 is 1.95 bits per heavy atom. The van der Waals surface area contributed by atoms with Gasteiger partial charge < -0.3 is 9.47 Å². The van der Waals surface area contributed by atoms with Crippen molar-refractivity contribution in [2.45, 2.75) is 0 Å². The van der Waals surface area contributed by atoms with Crippen LogP contribution >= 0.6 is 27.3 Å². The molecule has 0 fully saturated rings. The van der Waals surface area contributed by atoms with Crippen LogP contribution < -0.4 is 9.47 Å². The molecule has 5 heteroatoms. The van der Waals surface area contributed by atoms with Crippen LogP contribution in [0, 0.1) is 0 Å². The predicted molar refractivity (Wildman–Crippen MR) is 84.9 cm³/mol. The zero-order chi connectivity index (χ0) is 14.5. The molecule has 0 aliphatic rings. The second-order valence-corrected chi connectivity index (χ2v) is 5.77. The van der Waals surface area contributed by atoms with Crippen molar-refractivity contribution in [2.75, 3.05) is 14.2 Å². The molecule has 0 amide bonds. The molecule has 0 saturated heterocycles. The first kappa shape index (κ1) is 14.8. The molecule has 0 unspecified atom stereocenters. The van der Waals surface area contributed by atoms with Crippen molar-refractivity contribution < 1.29 is 14.3 Å². The van der Waals surface area contributed by atoms with Crippen LogP contribution in [0.2, 0.25) is 0 Å². The summed E-state index contributed by atoms with van der Waals surface area (Å²) in [5, 5.41) is 1.89. The van der Waals surface area contributed by atoms with Gasteiger partial charge in [-0.1, -0.05) is 12.1 Å². The van der Waals surface area contributed by atoms with Gasteiger partial charge in [-0.05, 0) is 45.8 Å². The summed E-state index contributed by atoms with van der Waals surface area (Å²) < 4.78 is 11.3. The first-order chi connectivity index (χ1) is 9.63. The average Bonchev–Trinajstić information content (AvgIpc) is 2.91. The van der Waals surface area contributed by atoms with E-state index in [4.69, 9.17) is 9.47 Å². The standard InChI is InChI=1S/C15H13BrO3S/c1-18-13-6-4-10(7-14(13)19-2)3-5-12(17)15-8-11(16)9-20-15/h3-9H,1-2H3/b5-3+. The second kappa shape index (κ2) is 6.72. The monoisotopic (exact) mass is 352 g/mol. The fraction of sp³-hybridized carbons (Fsp3) is 0.133. The molecule has 1 aromatic heterocycles. The third kappa shape index (κ3) is 3.49. The maximum absolute atomic E-state index is 12.0. The minimum atomic E-state index is -0.0181. The van der Waals surface area contributed by atoms with Gasteiger partial charge in [-0.3, -0.25) is 4.79 Å². The van der Waals surface area contributed by atoms with E-state index in [0.717, 1.165) is 10.0 Å². The number of thiophene rings is 1. The number of carbonyl (C=O) groups is 1. The Bertz CT molecular complexity index is 646. The molecule has 1 heterocycles. The molecule has 0 atom stereocenters. The van der Waals surface area contributed by atoms with Crippen LogP contribution in [0.4, 0.5) is 0 Å². The van der Waals surface area contributed by atoms with Crippen LogP contribution in [-0.2, 0) is 0 Å². The zero-order valence-electron chi connectivity index (χ0n) is 11.1. The van der Waals surface area contributed by atoms with Crippen LogP contribution in [-0.4, -0.2) is 20.0 Å². The Morgan fingerprint density at radius 1 is 1.20 bits per heavy atom. The third-order valence-corrected chi connectivity index (χ3v) is 4.35. The molecule has 0 saturated carbocycles. The number of ketones is 1. The number of allylic oxidation sites excluding steroid dienone is 1. The second-order valence-electron chi connectivity index (χ2n) is 3.94. The summed E-state index contributed by atoms with van der Waals surface area (Å²) >= 11 is 4.75. The van der Waals surface area contributed by atoms with Crippen LogP contribution in [0.3, 0.4) is 0 Å². The molecule has 20 heavy (non-hydrogen) atoms. The maximum Gasteiger partial charge on any atom is 0.195 e. The van der Waals surface area contributed by atoms with E-state index in [2.05, 4.69) is 15.9 Å². The molecule has 2 aromatic rings. The molecule has 0 spiro atoms. The lowest BCUT2D eigenvalue weighted by Crippen LogP contribution is -1.91. The minimum absolute atomic E-state index is 0.0181. The summed E-state index contributed by atoms with van der Waals surface area (Å²) in [6.07, 6.45) is 3.32. The zero-order valence-corrected chi connectivity index (χ0v) is 13.5. The maximum atomic E-state index is 12.0. The van der Waals surface area contributed by atoms with Crippen molar-refractivity contribution in [3.63, 3.8) is 0 Å². The number of rotatable bonds is 5. The lowest BCUT2D eigenvalue weighted by molar-refractivity contribution is 0.105.